The van der Waals surface area contributed by atoms with Gasteiger partial charge in [0.15, 0.2) is 0 Å². The van der Waals surface area contributed by atoms with Crippen molar-refractivity contribution in [2.45, 2.75) is 32.2 Å². The zero-order chi connectivity index (χ0) is 21.4. The van der Waals surface area contributed by atoms with Gasteiger partial charge in [0.05, 0.1) is 21.1 Å². The van der Waals surface area contributed by atoms with Crippen molar-refractivity contribution in [2.75, 3.05) is 18.1 Å². The maximum absolute atomic E-state index is 13.3. The van der Waals surface area contributed by atoms with Crippen LogP contribution in [-0.2, 0) is 4.79 Å². The summed E-state index contributed by atoms with van der Waals surface area (Å²) in [7, 11) is 0. The minimum Gasteiger partial charge on any atom is -0.265 e. The van der Waals surface area contributed by atoms with Crippen LogP contribution in [0.2, 0.25) is 14.4 Å². The molecule has 0 saturated carbocycles. The normalized spacial score (nSPS) is 22.3. The lowest BCUT2D eigenvalue weighted by Gasteiger charge is -2.32. The summed E-state index contributed by atoms with van der Waals surface area (Å²) < 4.78 is 1.87. The van der Waals surface area contributed by atoms with E-state index in [9.17, 15) is 4.79 Å². The fourth-order valence-electron chi connectivity index (χ4n) is 3.87. The summed E-state index contributed by atoms with van der Waals surface area (Å²) in [4.78, 5) is 14.3. The molecule has 0 bridgehead atoms. The standard InChI is InChI=1S/C20H20Cl4N4OS/c1-12-18(20(29)28(24)26-9-3-2-4-10-26)25-27(15-6-5-13(21)11-14(15)22)19(12)16-7-8-17(23)30-16/h5-8,11-12,19H,2-4,9-10H2,1H3/t12-,19-/m1/s1. The zero-order valence-electron chi connectivity index (χ0n) is 16.2. The number of hydrogen-bond acceptors (Lipinski definition) is 5. The molecule has 2 aliphatic heterocycles. The van der Waals surface area contributed by atoms with Crippen LogP contribution in [0.25, 0.3) is 0 Å². The van der Waals surface area contributed by atoms with Gasteiger partial charge in [0.25, 0.3) is 5.91 Å². The van der Waals surface area contributed by atoms with Crippen molar-refractivity contribution >= 4 is 75.2 Å². The summed E-state index contributed by atoms with van der Waals surface area (Å²) in [5.74, 6) is -0.531. The first-order valence-electron chi connectivity index (χ1n) is 9.70. The van der Waals surface area contributed by atoms with Crippen LogP contribution in [0.3, 0.4) is 0 Å². The van der Waals surface area contributed by atoms with Crippen molar-refractivity contribution in [3.8, 4) is 0 Å². The fourth-order valence-corrected chi connectivity index (χ4v) is 5.85. The van der Waals surface area contributed by atoms with Crippen LogP contribution in [0.15, 0.2) is 35.4 Å². The van der Waals surface area contributed by atoms with Gasteiger partial charge in [-0.1, -0.05) is 48.1 Å². The number of carbonyl (C=O) groups is 1. The van der Waals surface area contributed by atoms with E-state index < -0.39 is 0 Å². The van der Waals surface area contributed by atoms with Gasteiger partial charge < -0.3 is 0 Å². The van der Waals surface area contributed by atoms with E-state index in [2.05, 4.69) is 0 Å². The Bertz CT molecular complexity index is 975. The van der Waals surface area contributed by atoms with E-state index in [1.165, 1.54) is 15.9 Å². The van der Waals surface area contributed by atoms with Crippen molar-refractivity contribution in [3.63, 3.8) is 0 Å². The van der Waals surface area contributed by atoms with Crippen molar-refractivity contribution in [1.29, 1.82) is 0 Å². The molecule has 2 aliphatic rings. The smallest absolute Gasteiger partial charge is 0.265 e. The molecule has 1 saturated heterocycles. The minimum atomic E-state index is -0.314. The summed E-state index contributed by atoms with van der Waals surface area (Å²) in [6, 6.07) is 8.79. The predicted molar refractivity (Wildman–Crippen MR) is 126 cm³/mol. The Hall–Kier alpha value is -1.02. The van der Waals surface area contributed by atoms with E-state index >= 15 is 0 Å². The fraction of sp³-hybridized carbons (Fsp3) is 0.400. The maximum atomic E-state index is 13.3. The molecule has 30 heavy (non-hydrogen) atoms. The number of hydrazine groups is 1. The molecule has 3 heterocycles. The SMILES string of the molecule is C[C@@H]1C(C(=O)N(Cl)N2CCCCC2)=NN(c2ccc(Cl)cc2Cl)[C@H]1c1ccc(Cl)s1. The first-order valence-corrected chi connectivity index (χ1v) is 12.0. The van der Waals surface area contributed by atoms with Crippen molar-refractivity contribution in [3.05, 3.63) is 49.6 Å². The van der Waals surface area contributed by atoms with Crippen LogP contribution in [0.4, 0.5) is 5.69 Å². The number of hydrazone groups is 1. The molecule has 0 aliphatic carbocycles. The highest BCUT2D eigenvalue weighted by atomic mass is 35.5. The Morgan fingerprint density at radius 1 is 1.13 bits per heavy atom. The second-order valence-electron chi connectivity index (χ2n) is 7.38. The highest BCUT2D eigenvalue weighted by Gasteiger charge is 2.43. The van der Waals surface area contributed by atoms with E-state index in [4.69, 9.17) is 51.7 Å². The average molecular weight is 506 g/mol. The van der Waals surface area contributed by atoms with Crippen LogP contribution in [0, 0.1) is 5.92 Å². The quantitative estimate of drug-likeness (QED) is 0.437. The number of nitrogens with zero attached hydrogens (tertiary/aromatic N) is 4. The van der Waals surface area contributed by atoms with E-state index in [1.807, 2.05) is 24.1 Å². The molecule has 4 rings (SSSR count). The van der Waals surface area contributed by atoms with Crippen molar-refractivity contribution in [1.82, 2.24) is 9.54 Å². The van der Waals surface area contributed by atoms with E-state index in [0.29, 0.717) is 25.8 Å². The number of rotatable bonds is 4. The third-order valence-electron chi connectivity index (χ3n) is 5.39. The van der Waals surface area contributed by atoms with Crippen molar-refractivity contribution < 1.29 is 4.79 Å². The number of benzene rings is 1. The highest BCUT2D eigenvalue weighted by Crippen LogP contribution is 2.45. The van der Waals surface area contributed by atoms with E-state index in [0.717, 1.165) is 37.2 Å². The number of hydrogen-bond donors (Lipinski definition) is 0. The van der Waals surface area contributed by atoms with E-state index in [1.54, 1.807) is 23.2 Å². The number of piperidine rings is 1. The molecule has 1 fully saturated rings. The average Bonchev–Trinajstić information content (AvgIpc) is 3.30. The first kappa shape index (κ1) is 22.2. The molecule has 2 aromatic rings. The molecule has 10 heteroatoms. The predicted octanol–water partition coefficient (Wildman–Crippen LogP) is 6.65. The van der Waals surface area contributed by atoms with Gasteiger partial charge in [-0.25, -0.2) is 5.01 Å². The zero-order valence-corrected chi connectivity index (χ0v) is 20.0. The first-order chi connectivity index (χ1) is 14.4. The number of thiophene rings is 1. The molecule has 1 aromatic heterocycles. The molecule has 0 N–H and O–H groups in total. The van der Waals surface area contributed by atoms with Gasteiger partial charge in [0, 0.05) is 40.7 Å². The van der Waals surface area contributed by atoms with Gasteiger partial charge in [-0.3, -0.25) is 9.80 Å². The van der Waals surface area contributed by atoms with Crippen LogP contribution in [0.1, 0.15) is 37.1 Å². The lowest BCUT2D eigenvalue weighted by atomic mass is 9.95. The summed E-state index contributed by atoms with van der Waals surface area (Å²) in [6.07, 6.45) is 3.18. The molecule has 1 aromatic carbocycles. The molecule has 160 valence electrons. The second kappa shape index (κ2) is 9.23. The summed E-state index contributed by atoms with van der Waals surface area (Å²) >= 11 is 26.7. The Morgan fingerprint density at radius 2 is 1.87 bits per heavy atom. The Balaban J connectivity index is 1.70. The highest BCUT2D eigenvalue weighted by molar-refractivity contribution is 7.16. The molecule has 1 amide bonds. The number of amides is 1. The topological polar surface area (TPSA) is 39.2 Å². The largest absolute Gasteiger partial charge is 0.299 e. The Morgan fingerprint density at radius 3 is 2.50 bits per heavy atom. The van der Waals surface area contributed by atoms with Crippen LogP contribution in [0.5, 0.6) is 0 Å². The molecule has 0 radical (unpaired) electrons. The van der Waals surface area contributed by atoms with Crippen molar-refractivity contribution in [2.24, 2.45) is 11.0 Å². The Kier molecular flexibility index (Phi) is 6.82. The van der Waals surface area contributed by atoms with Crippen LogP contribution >= 0.6 is 57.9 Å². The summed E-state index contributed by atoms with van der Waals surface area (Å²) in [6.45, 7) is 3.49. The van der Waals surface area contributed by atoms with E-state index in [-0.39, 0.29) is 17.9 Å². The van der Waals surface area contributed by atoms with Gasteiger partial charge in [-0.05, 0) is 43.2 Å². The summed E-state index contributed by atoms with van der Waals surface area (Å²) in [5, 5.41) is 9.33. The molecule has 2 atom stereocenters. The molecule has 5 nitrogen and oxygen atoms in total. The molecular formula is C20H20Cl4N4OS. The number of carbonyl (C=O) groups excluding carboxylic acids is 1. The van der Waals surface area contributed by atoms with Gasteiger partial charge in [0.1, 0.15) is 5.71 Å². The molecular weight excluding hydrogens is 486 g/mol. The second-order valence-corrected chi connectivity index (χ2v) is 10.3. The van der Waals surface area contributed by atoms with Gasteiger partial charge in [-0.2, -0.15) is 9.63 Å². The summed E-state index contributed by atoms with van der Waals surface area (Å²) in [5.41, 5.74) is 1.06. The molecule has 0 unspecified atom stereocenters. The Labute approximate surface area is 199 Å². The molecule has 0 spiro atoms. The monoisotopic (exact) mass is 504 g/mol. The lowest BCUT2D eigenvalue weighted by Crippen LogP contribution is -2.46. The van der Waals surface area contributed by atoms with Gasteiger partial charge in [0.2, 0.25) is 0 Å². The van der Waals surface area contributed by atoms with Gasteiger partial charge >= 0.3 is 0 Å². The third-order valence-corrected chi connectivity index (χ3v) is 7.60. The minimum absolute atomic E-state index is 0.218. The number of anilines is 1. The lowest BCUT2D eigenvalue weighted by molar-refractivity contribution is -0.131. The maximum Gasteiger partial charge on any atom is 0.299 e. The number of halogens is 4. The van der Waals surface area contributed by atoms with Crippen LogP contribution < -0.4 is 5.01 Å². The third kappa shape index (κ3) is 4.31. The van der Waals surface area contributed by atoms with Crippen LogP contribution in [-0.4, -0.2) is 34.2 Å². The van der Waals surface area contributed by atoms with Gasteiger partial charge in [-0.15, -0.1) is 11.3 Å².